The zero-order chi connectivity index (χ0) is 25.1. The van der Waals surface area contributed by atoms with Crippen molar-refractivity contribution in [2.24, 2.45) is 0 Å². The predicted octanol–water partition coefficient (Wildman–Crippen LogP) is 4.35. The van der Waals surface area contributed by atoms with Crippen molar-refractivity contribution in [1.29, 1.82) is 0 Å². The molecule has 0 aliphatic heterocycles. The Morgan fingerprint density at radius 3 is 1.91 bits per heavy atom. The minimum absolute atomic E-state index is 0.0129. The smallest absolute Gasteiger partial charge is 0.261 e. The summed E-state index contributed by atoms with van der Waals surface area (Å²) in [6, 6.07) is 18.0. The summed E-state index contributed by atoms with van der Waals surface area (Å²) in [4.78, 5) is 12.9. The molecule has 0 fully saturated rings. The average molecular weight is 566 g/mol. The standard InChI is InChI=1S/C23H24BrN3O5S2/c1-16-4-12-21(13-5-16)27(33(3,29)30)17(2)23(28)25-19-10-14-22(15-11-19)34(31,32)26-20-8-6-18(24)7-9-20/h4-15,17,26H,1-3H3,(H,25,28)/t17-/m0/s1. The Morgan fingerprint density at radius 2 is 1.38 bits per heavy atom. The van der Waals surface area contributed by atoms with Crippen LogP contribution in [0.4, 0.5) is 17.1 Å². The summed E-state index contributed by atoms with van der Waals surface area (Å²) in [7, 11) is -7.57. The number of amides is 1. The summed E-state index contributed by atoms with van der Waals surface area (Å²) < 4.78 is 54.4. The topological polar surface area (TPSA) is 113 Å². The van der Waals surface area contributed by atoms with Crippen LogP contribution >= 0.6 is 15.9 Å². The number of halogens is 1. The molecule has 0 aliphatic carbocycles. The molecule has 34 heavy (non-hydrogen) atoms. The third kappa shape index (κ3) is 6.37. The molecule has 2 N–H and O–H groups in total. The van der Waals surface area contributed by atoms with Crippen LogP contribution in [-0.2, 0) is 24.8 Å². The Hall–Kier alpha value is -2.89. The van der Waals surface area contributed by atoms with Gasteiger partial charge in [-0.15, -0.1) is 0 Å². The van der Waals surface area contributed by atoms with Crippen LogP contribution in [0.25, 0.3) is 0 Å². The second kappa shape index (κ2) is 10.2. The van der Waals surface area contributed by atoms with E-state index in [9.17, 15) is 21.6 Å². The van der Waals surface area contributed by atoms with Gasteiger partial charge in [0.25, 0.3) is 10.0 Å². The van der Waals surface area contributed by atoms with Crippen LogP contribution in [0, 0.1) is 6.92 Å². The first-order chi connectivity index (χ1) is 15.9. The molecular formula is C23H24BrN3O5S2. The third-order valence-corrected chi connectivity index (χ3v) is 8.07. The number of sulfonamides is 2. The van der Waals surface area contributed by atoms with Gasteiger partial charge in [-0.3, -0.25) is 13.8 Å². The van der Waals surface area contributed by atoms with E-state index in [0.29, 0.717) is 17.1 Å². The number of hydrogen-bond acceptors (Lipinski definition) is 5. The minimum Gasteiger partial charge on any atom is -0.324 e. The fourth-order valence-corrected chi connectivity index (χ4v) is 5.69. The van der Waals surface area contributed by atoms with Gasteiger partial charge in [-0.2, -0.15) is 0 Å². The van der Waals surface area contributed by atoms with E-state index < -0.39 is 32.0 Å². The molecular weight excluding hydrogens is 542 g/mol. The van der Waals surface area contributed by atoms with Gasteiger partial charge in [-0.25, -0.2) is 16.8 Å². The molecule has 1 amide bonds. The Balaban J connectivity index is 1.75. The van der Waals surface area contributed by atoms with Gasteiger partial charge in [0, 0.05) is 15.8 Å². The van der Waals surface area contributed by atoms with Crippen molar-refractivity contribution >= 4 is 58.9 Å². The predicted molar refractivity (Wildman–Crippen MR) is 138 cm³/mol. The van der Waals surface area contributed by atoms with Gasteiger partial charge in [-0.1, -0.05) is 33.6 Å². The van der Waals surface area contributed by atoms with Crippen LogP contribution in [0.2, 0.25) is 0 Å². The van der Waals surface area contributed by atoms with E-state index in [1.807, 2.05) is 6.92 Å². The highest BCUT2D eigenvalue weighted by atomic mass is 79.9. The molecule has 3 aromatic rings. The Morgan fingerprint density at radius 1 is 0.853 bits per heavy atom. The maximum atomic E-state index is 12.8. The molecule has 3 rings (SSSR count). The highest BCUT2D eigenvalue weighted by molar-refractivity contribution is 9.10. The monoisotopic (exact) mass is 565 g/mol. The lowest BCUT2D eigenvalue weighted by Gasteiger charge is -2.28. The summed E-state index contributed by atoms with van der Waals surface area (Å²) in [5, 5.41) is 2.64. The largest absolute Gasteiger partial charge is 0.324 e. The number of rotatable bonds is 8. The highest BCUT2D eigenvalue weighted by Gasteiger charge is 2.29. The van der Waals surface area contributed by atoms with E-state index in [4.69, 9.17) is 0 Å². The Kier molecular flexibility index (Phi) is 7.69. The quantitative estimate of drug-likeness (QED) is 0.421. The van der Waals surface area contributed by atoms with E-state index in [0.717, 1.165) is 20.6 Å². The van der Waals surface area contributed by atoms with Crippen molar-refractivity contribution < 1.29 is 21.6 Å². The van der Waals surface area contributed by atoms with Gasteiger partial charge in [0.2, 0.25) is 15.9 Å². The highest BCUT2D eigenvalue weighted by Crippen LogP contribution is 2.23. The van der Waals surface area contributed by atoms with E-state index in [-0.39, 0.29) is 4.90 Å². The zero-order valence-electron chi connectivity index (χ0n) is 18.7. The van der Waals surface area contributed by atoms with E-state index in [1.54, 1.807) is 48.5 Å². The van der Waals surface area contributed by atoms with Gasteiger partial charge >= 0.3 is 0 Å². The van der Waals surface area contributed by atoms with Crippen LogP contribution in [0.3, 0.4) is 0 Å². The van der Waals surface area contributed by atoms with Crippen molar-refractivity contribution in [3.8, 4) is 0 Å². The normalized spacial score (nSPS) is 12.6. The SMILES string of the molecule is Cc1ccc(N([C@@H](C)C(=O)Nc2ccc(S(=O)(=O)Nc3ccc(Br)cc3)cc2)S(C)(=O)=O)cc1. The molecule has 0 saturated heterocycles. The second-order valence-corrected chi connectivity index (χ2v) is 12.2. The first-order valence-corrected chi connectivity index (χ1v) is 14.2. The maximum Gasteiger partial charge on any atom is 0.261 e. The molecule has 180 valence electrons. The fourth-order valence-electron chi connectivity index (χ4n) is 3.20. The zero-order valence-corrected chi connectivity index (χ0v) is 21.9. The molecule has 0 saturated carbocycles. The summed E-state index contributed by atoms with van der Waals surface area (Å²) in [6.45, 7) is 3.36. The number of anilines is 3. The van der Waals surface area contributed by atoms with E-state index >= 15 is 0 Å². The lowest BCUT2D eigenvalue weighted by Crippen LogP contribution is -2.45. The van der Waals surface area contributed by atoms with Crippen molar-refractivity contribution in [2.45, 2.75) is 24.8 Å². The maximum absolute atomic E-state index is 12.8. The van der Waals surface area contributed by atoms with E-state index in [1.165, 1.54) is 31.2 Å². The van der Waals surface area contributed by atoms with Gasteiger partial charge in [0.15, 0.2) is 0 Å². The molecule has 0 bridgehead atoms. The first kappa shape index (κ1) is 25.7. The van der Waals surface area contributed by atoms with Crippen LogP contribution in [-0.4, -0.2) is 35.0 Å². The van der Waals surface area contributed by atoms with Crippen molar-refractivity contribution in [2.75, 3.05) is 20.6 Å². The molecule has 1 atom stereocenters. The number of hydrogen-bond donors (Lipinski definition) is 2. The summed E-state index contributed by atoms with van der Waals surface area (Å²) >= 11 is 3.30. The molecule has 3 aromatic carbocycles. The first-order valence-electron chi connectivity index (χ1n) is 10.1. The van der Waals surface area contributed by atoms with Crippen LogP contribution < -0.4 is 14.3 Å². The molecule has 11 heteroatoms. The lowest BCUT2D eigenvalue weighted by atomic mass is 10.2. The molecule has 0 unspecified atom stereocenters. The minimum atomic E-state index is -3.83. The van der Waals surface area contributed by atoms with Gasteiger partial charge in [0.05, 0.1) is 16.8 Å². The van der Waals surface area contributed by atoms with Gasteiger partial charge < -0.3 is 5.32 Å². The van der Waals surface area contributed by atoms with Gasteiger partial charge in [-0.05, 0) is 74.5 Å². The lowest BCUT2D eigenvalue weighted by molar-refractivity contribution is -0.116. The molecule has 0 heterocycles. The Bertz CT molecular complexity index is 1370. The second-order valence-electron chi connectivity index (χ2n) is 7.70. The molecule has 0 spiro atoms. The fraction of sp³-hybridized carbons (Fsp3) is 0.174. The Labute approximate surface area is 208 Å². The molecule has 0 aromatic heterocycles. The van der Waals surface area contributed by atoms with Crippen molar-refractivity contribution in [3.63, 3.8) is 0 Å². The summed E-state index contributed by atoms with van der Waals surface area (Å²) in [5.41, 5.74) is 2.07. The third-order valence-electron chi connectivity index (χ3n) is 4.91. The number of carbonyl (C=O) groups excluding carboxylic acids is 1. The molecule has 0 aliphatic rings. The molecule has 8 nitrogen and oxygen atoms in total. The summed E-state index contributed by atoms with van der Waals surface area (Å²) in [6.07, 6.45) is 1.04. The number of nitrogens with zero attached hydrogens (tertiary/aromatic N) is 1. The van der Waals surface area contributed by atoms with Gasteiger partial charge in [0.1, 0.15) is 6.04 Å². The number of nitrogens with one attached hydrogen (secondary N) is 2. The summed E-state index contributed by atoms with van der Waals surface area (Å²) in [5.74, 6) is -0.561. The number of aryl methyl sites for hydroxylation is 1. The average Bonchev–Trinajstić information content (AvgIpc) is 2.76. The van der Waals surface area contributed by atoms with E-state index in [2.05, 4.69) is 26.0 Å². The number of carbonyl (C=O) groups is 1. The number of benzene rings is 3. The van der Waals surface area contributed by atoms with Crippen LogP contribution in [0.15, 0.2) is 82.2 Å². The van der Waals surface area contributed by atoms with Crippen molar-refractivity contribution in [1.82, 2.24) is 0 Å². The molecule has 0 radical (unpaired) electrons. The van der Waals surface area contributed by atoms with Crippen LogP contribution in [0.5, 0.6) is 0 Å². The van der Waals surface area contributed by atoms with Crippen molar-refractivity contribution in [3.05, 3.63) is 82.8 Å². The van der Waals surface area contributed by atoms with Crippen LogP contribution in [0.1, 0.15) is 12.5 Å².